The molecule has 0 atom stereocenters. The summed E-state index contributed by atoms with van der Waals surface area (Å²) in [6, 6.07) is 6.46. The number of hydrogen-bond donors (Lipinski definition) is 2. The molecule has 0 aliphatic carbocycles. The summed E-state index contributed by atoms with van der Waals surface area (Å²) in [5.41, 5.74) is 1.18. The molecule has 0 saturated carbocycles. The Bertz CT molecular complexity index is 506. The van der Waals surface area contributed by atoms with Crippen molar-refractivity contribution in [1.29, 1.82) is 0 Å². The van der Waals surface area contributed by atoms with Gasteiger partial charge in [-0.15, -0.1) is 6.58 Å². The molecule has 0 radical (unpaired) electrons. The van der Waals surface area contributed by atoms with Gasteiger partial charge in [0, 0.05) is 12.1 Å². The molecule has 1 aromatic carbocycles. The van der Waals surface area contributed by atoms with E-state index in [1.165, 1.54) is 6.08 Å². The van der Waals surface area contributed by atoms with Crippen molar-refractivity contribution in [2.45, 2.75) is 12.2 Å². The van der Waals surface area contributed by atoms with E-state index >= 15 is 0 Å². The molecule has 3 N–H and O–H groups in total. The largest absolute Gasteiger partial charge is 0.326 e. The Morgan fingerprint density at radius 1 is 1.35 bits per heavy atom. The van der Waals surface area contributed by atoms with Gasteiger partial charge in [-0.3, -0.25) is 4.79 Å². The molecular weight excluding hydrogens is 240 g/mol. The third-order valence-corrected chi connectivity index (χ3v) is 2.67. The number of hydrogen-bond acceptors (Lipinski definition) is 3. The van der Waals surface area contributed by atoms with Crippen LogP contribution >= 0.6 is 0 Å². The van der Waals surface area contributed by atoms with Crippen LogP contribution in [0.2, 0.25) is 0 Å². The van der Waals surface area contributed by atoms with E-state index in [0.29, 0.717) is 11.3 Å². The van der Waals surface area contributed by atoms with Crippen LogP contribution in [0.5, 0.6) is 0 Å². The molecule has 5 nitrogen and oxygen atoms in total. The Labute approximate surface area is 100 Å². The van der Waals surface area contributed by atoms with E-state index in [9.17, 15) is 13.2 Å². The van der Waals surface area contributed by atoms with Crippen LogP contribution in [0.4, 0.5) is 5.69 Å². The van der Waals surface area contributed by atoms with Gasteiger partial charge < -0.3 is 5.32 Å². The summed E-state index contributed by atoms with van der Waals surface area (Å²) in [6.07, 6.45) is 1.74. The third kappa shape index (κ3) is 5.28. The van der Waals surface area contributed by atoms with Crippen LogP contribution in [-0.2, 0) is 20.6 Å². The fraction of sp³-hybridized carbons (Fsp3) is 0.182. The molecule has 0 aromatic heterocycles. The zero-order valence-corrected chi connectivity index (χ0v) is 10.0. The zero-order valence-electron chi connectivity index (χ0n) is 9.22. The molecule has 6 heteroatoms. The van der Waals surface area contributed by atoms with Crippen molar-refractivity contribution in [1.82, 2.24) is 0 Å². The highest BCUT2D eigenvalue weighted by Crippen LogP contribution is 2.11. The Kier molecular flexibility index (Phi) is 4.42. The molecule has 0 aliphatic heterocycles. The van der Waals surface area contributed by atoms with Crippen LogP contribution in [0.3, 0.4) is 0 Å². The summed E-state index contributed by atoms with van der Waals surface area (Å²) in [5, 5.41) is 7.56. The van der Waals surface area contributed by atoms with Gasteiger partial charge in [0.25, 0.3) is 0 Å². The second-order valence-electron chi connectivity index (χ2n) is 3.55. The minimum absolute atomic E-state index is 0.167. The molecule has 1 amide bonds. The van der Waals surface area contributed by atoms with Gasteiger partial charge in [0.2, 0.25) is 15.9 Å². The monoisotopic (exact) mass is 254 g/mol. The van der Waals surface area contributed by atoms with E-state index in [0.717, 1.165) is 0 Å². The fourth-order valence-electron chi connectivity index (χ4n) is 1.26. The Balaban J connectivity index is 2.68. The summed E-state index contributed by atoms with van der Waals surface area (Å²) in [6.45, 7) is 3.46. The van der Waals surface area contributed by atoms with Gasteiger partial charge in [0.1, 0.15) is 0 Å². The second-order valence-corrected chi connectivity index (χ2v) is 5.16. The average molecular weight is 254 g/mol. The SMILES string of the molecule is C=CCC(=O)Nc1ccc(CS(N)(=O)=O)cc1. The molecular formula is C11H14N2O3S. The van der Waals surface area contributed by atoms with E-state index in [1.54, 1.807) is 24.3 Å². The number of sulfonamides is 1. The van der Waals surface area contributed by atoms with Gasteiger partial charge in [-0.05, 0) is 17.7 Å². The summed E-state index contributed by atoms with van der Waals surface area (Å²) in [5.74, 6) is -0.382. The van der Waals surface area contributed by atoms with E-state index in [-0.39, 0.29) is 18.1 Å². The Morgan fingerprint density at radius 3 is 2.41 bits per heavy atom. The van der Waals surface area contributed by atoms with Gasteiger partial charge >= 0.3 is 0 Å². The lowest BCUT2D eigenvalue weighted by Crippen LogP contribution is -2.14. The minimum atomic E-state index is -3.52. The lowest BCUT2D eigenvalue weighted by atomic mass is 10.2. The van der Waals surface area contributed by atoms with Gasteiger partial charge in [0.05, 0.1) is 5.75 Å². The lowest BCUT2D eigenvalue weighted by molar-refractivity contribution is -0.115. The average Bonchev–Trinajstić information content (AvgIpc) is 2.19. The third-order valence-electron chi connectivity index (χ3n) is 1.94. The van der Waals surface area contributed by atoms with Crippen molar-refractivity contribution in [3.8, 4) is 0 Å². The van der Waals surface area contributed by atoms with Gasteiger partial charge in [-0.1, -0.05) is 18.2 Å². The number of amides is 1. The molecule has 17 heavy (non-hydrogen) atoms. The molecule has 1 rings (SSSR count). The first-order chi connectivity index (χ1) is 7.90. The van der Waals surface area contributed by atoms with Crippen LogP contribution in [-0.4, -0.2) is 14.3 Å². The number of benzene rings is 1. The zero-order chi connectivity index (χ0) is 12.9. The number of nitrogens with two attached hydrogens (primary N) is 1. The first-order valence-electron chi connectivity index (χ1n) is 4.91. The lowest BCUT2D eigenvalue weighted by Gasteiger charge is -2.04. The summed E-state index contributed by atoms with van der Waals surface area (Å²) in [7, 11) is -3.52. The first-order valence-corrected chi connectivity index (χ1v) is 6.62. The standard InChI is InChI=1S/C11H14N2O3S/c1-2-3-11(14)13-10-6-4-9(5-7-10)8-17(12,15)16/h2,4-7H,1,3,8H2,(H,13,14)(H2,12,15,16). The fourth-order valence-corrected chi connectivity index (χ4v) is 1.92. The molecule has 0 unspecified atom stereocenters. The predicted molar refractivity (Wildman–Crippen MR) is 66.7 cm³/mol. The molecule has 0 heterocycles. The maximum Gasteiger partial charge on any atom is 0.228 e. The smallest absolute Gasteiger partial charge is 0.228 e. The normalized spacial score (nSPS) is 10.9. The Hall–Kier alpha value is -1.66. The van der Waals surface area contributed by atoms with E-state index < -0.39 is 10.0 Å². The maximum absolute atomic E-state index is 11.2. The molecule has 0 saturated heterocycles. The van der Waals surface area contributed by atoms with Crippen molar-refractivity contribution in [3.63, 3.8) is 0 Å². The predicted octanol–water partition coefficient (Wildman–Crippen LogP) is 0.990. The summed E-state index contributed by atoms with van der Waals surface area (Å²) >= 11 is 0. The maximum atomic E-state index is 11.2. The highest BCUT2D eigenvalue weighted by atomic mass is 32.2. The minimum Gasteiger partial charge on any atom is -0.326 e. The van der Waals surface area contributed by atoms with Crippen molar-refractivity contribution >= 4 is 21.6 Å². The molecule has 0 spiro atoms. The molecule has 1 aromatic rings. The van der Waals surface area contributed by atoms with Crippen LogP contribution in [0.1, 0.15) is 12.0 Å². The van der Waals surface area contributed by atoms with Crippen LogP contribution in [0.15, 0.2) is 36.9 Å². The highest BCUT2D eigenvalue weighted by Gasteiger charge is 2.05. The molecule has 0 fully saturated rings. The van der Waals surface area contributed by atoms with E-state index in [4.69, 9.17) is 5.14 Å². The number of rotatable bonds is 5. The van der Waals surface area contributed by atoms with Crippen LogP contribution < -0.4 is 10.5 Å². The van der Waals surface area contributed by atoms with Crippen molar-refractivity contribution in [3.05, 3.63) is 42.5 Å². The van der Waals surface area contributed by atoms with Crippen molar-refractivity contribution in [2.24, 2.45) is 5.14 Å². The summed E-state index contributed by atoms with van der Waals surface area (Å²) < 4.78 is 21.7. The molecule has 92 valence electrons. The summed E-state index contributed by atoms with van der Waals surface area (Å²) in [4.78, 5) is 11.2. The number of carbonyl (C=O) groups excluding carboxylic acids is 1. The van der Waals surface area contributed by atoms with Crippen molar-refractivity contribution < 1.29 is 13.2 Å². The number of primary sulfonamides is 1. The molecule has 0 bridgehead atoms. The van der Waals surface area contributed by atoms with Crippen LogP contribution in [0, 0.1) is 0 Å². The van der Waals surface area contributed by atoms with Crippen LogP contribution in [0.25, 0.3) is 0 Å². The van der Waals surface area contributed by atoms with E-state index in [1.807, 2.05) is 0 Å². The quantitative estimate of drug-likeness (QED) is 0.768. The van der Waals surface area contributed by atoms with Gasteiger partial charge in [0.15, 0.2) is 0 Å². The highest BCUT2D eigenvalue weighted by molar-refractivity contribution is 7.88. The second kappa shape index (κ2) is 5.60. The topological polar surface area (TPSA) is 89.3 Å². The Morgan fingerprint density at radius 2 is 1.94 bits per heavy atom. The van der Waals surface area contributed by atoms with Crippen molar-refractivity contribution in [2.75, 3.05) is 5.32 Å². The van der Waals surface area contributed by atoms with E-state index in [2.05, 4.69) is 11.9 Å². The van der Waals surface area contributed by atoms with Gasteiger partial charge in [-0.25, -0.2) is 13.6 Å². The first kappa shape index (κ1) is 13.4. The van der Waals surface area contributed by atoms with Gasteiger partial charge in [-0.2, -0.15) is 0 Å². The number of carbonyl (C=O) groups is 1. The molecule has 0 aliphatic rings. The number of nitrogens with one attached hydrogen (secondary N) is 1. The number of anilines is 1.